The van der Waals surface area contributed by atoms with Crippen LogP contribution < -0.4 is 0 Å². The van der Waals surface area contributed by atoms with Crippen LogP contribution in [0.5, 0.6) is 0 Å². The minimum absolute atomic E-state index is 0.0281. The molecule has 6 nitrogen and oxygen atoms in total. The molecule has 2 saturated heterocycles. The molecule has 0 aromatic heterocycles. The van der Waals surface area contributed by atoms with Crippen LogP contribution in [0.2, 0.25) is 0 Å². The first-order valence-electron chi connectivity index (χ1n) is 4.91. The van der Waals surface area contributed by atoms with Gasteiger partial charge in [-0.2, -0.15) is 0 Å². The summed E-state index contributed by atoms with van der Waals surface area (Å²) < 4.78 is 8.93. The van der Waals surface area contributed by atoms with Crippen molar-refractivity contribution in [2.75, 3.05) is 0 Å². The Kier molecular flexibility index (Phi) is 1.59. The van der Waals surface area contributed by atoms with E-state index < -0.39 is 35.2 Å². The zero-order valence-electron chi connectivity index (χ0n) is 8.68. The highest BCUT2D eigenvalue weighted by atomic mass is 16.6. The van der Waals surface area contributed by atoms with E-state index in [-0.39, 0.29) is 11.1 Å². The van der Waals surface area contributed by atoms with E-state index in [9.17, 15) is 19.2 Å². The Morgan fingerprint density at radius 2 is 1.71 bits per heavy atom. The number of fused-ring (bicyclic) bond motifs is 2. The van der Waals surface area contributed by atoms with Crippen molar-refractivity contribution in [3.05, 3.63) is 23.3 Å². The second-order valence-electron chi connectivity index (χ2n) is 4.28. The first-order chi connectivity index (χ1) is 7.93. The molecule has 2 fully saturated rings. The van der Waals surface area contributed by atoms with Crippen molar-refractivity contribution in [1.29, 1.82) is 0 Å². The SMILES string of the molecule is C[C@]12C=C3C(=O)OC(=O)C3=CC1C(=O)OC2=O. The smallest absolute Gasteiger partial charge is 0.346 e. The zero-order valence-corrected chi connectivity index (χ0v) is 8.68. The summed E-state index contributed by atoms with van der Waals surface area (Å²) in [5, 5.41) is 0. The van der Waals surface area contributed by atoms with Gasteiger partial charge in [-0.1, -0.05) is 12.2 Å². The number of ether oxygens (including phenoxy) is 2. The molecule has 2 aliphatic heterocycles. The van der Waals surface area contributed by atoms with Crippen molar-refractivity contribution in [2.24, 2.45) is 11.3 Å². The molecule has 1 unspecified atom stereocenters. The maximum absolute atomic E-state index is 11.6. The monoisotopic (exact) mass is 234 g/mol. The Labute approximate surface area is 94.9 Å². The van der Waals surface area contributed by atoms with E-state index in [0.29, 0.717) is 0 Å². The van der Waals surface area contributed by atoms with Gasteiger partial charge in [-0.25, -0.2) is 9.59 Å². The molecule has 0 bridgehead atoms. The molecule has 3 aliphatic rings. The number of hydrogen-bond acceptors (Lipinski definition) is 6. The number of carbonyl (C=O) groups is 4. The van der Waals surface area contributed by atoms with Gasteiger partial charge in [0.05, 0.1) is 17.1 Å². The average molecular weight is 234 g/mol. The van der Waals surface area contributed by atoms with Crippen LogP contribution in [0, 0.1) is 11.3 Å². The predicted octanol–water partition coefficient (Wildman–Crippen LogP) is -0.358. The molecular weight excluding hydrogens is 228 g/mol. The van der Waals surface area contributed by atoms with E-state index in [1.807, 2.05) is 0 Å². The Morgan fingerprint density at radius 1 is 1.06 bits per heavy atom. The van der Waals surface area contributed by atoms with Gasteiger partial charge in [0, 0.05) is 0 Å². The van der Waals surface area contributed by atoms with Gasteiger partial charge < -0.3 is 9.47 Å². The largest absolute Gasteiger partial charge is 0.392 e. The molecule has 0 aromatic rings. The lowest BCUT2D eigenvalue weighted by atomic mass is 9.73. The van der Waals surface area contributed by atoms with Crippen LogP contribution in [0.4, 0.5) is 0 Å². The Hall–Kier alpha value is -2.24. The maximum Gasteiger partial charge on any atom is 0.346 e. The molecular formula is C11H6O6. The lowest BCUT2D eigenvalue weighted by Gasteiger charge is -2.22. The predicted molar refractivity (Wildman–Crippen MR) is 50.0 cm³/mol. The molecule has 0 amide bonds. The molecule has 0 aromatic carbocycles. The van der Waals surface area contributed by atoms with Crippen molar-refractivity contribution in [3.63, 3.8) is 0 Å². The van der Waals surface area contributed by atoms with Gasteiger partial charge in [0.15, 0.2) is 0 Å². The molecule has 17 heavy (non-hydrogen) atoms. The standard InChI is InChI=1S/C11H6O6/c1-11-3-5-4(7(12)16-8(5)13)2-6(11)9(14)17-10(11)15/h2-3,6H,1H3/t6?,11-/m0/s1. The Bertz CT molecular complexity index is 567. The molecule has 6 heteroatoms. The summed E-state index contributed by atoms with van der Waals surface area (Å²) in [7, 11) is 0. The number of cyclic esters (lactones) is 4. The third-order valence-corrected chi connectivity index (χ3v) is 3.23. The van der Waals surface area contributed by atoms with Crippen molar-refractivity contribution >= 4 is 23.9 Å². The summed E-state index contributed by atoms with van der Waals surface area (Å²) in [6.07, 6.45) is 2.56. The fraction of sp³-hybridized carbons (Fsp3) is 0.273. The second kappa shape index (κ2) is 2.71. The highest BCUT2D eigenvalue weighted by Crippen LogP contribution is 2.45. The lowest BCUT2D eigenvalue weighted by Crippen LogP contribution is -2.31. The summed E-state index contributed by atoms with van der Waals surface area (Å²) in [4.78, 5) is 45.7. The van der Waals surface area contributed by atoms with Gasteiger partial charge in [-0.3, -0.25) is 9.59 Å². The third kappa shape index (κ3) is 1.04. The summed E-state index contributed by atoms with van der Waals surface area (Å²) >= 11 is 0. The highest BCUT2D eigenvalue weighted by Gasteiger charge is 2.56. The van der Waals surface area contributed by atoms with Crippen molar-refractivity contribution in [2.45, 2.75) is 6.92 Å². The summed E-state index contributed by atoms with van der Waals surface area (Å²) in [5.74, 6) is -3.90. The maximum atomic E-state index is 11.6. The first-order valence-corrected chi connectivity index (χ1v) is 4.91. The van der Waals surface area contributed by atoms with E-state index >= 15 is 0 Å². The number of carbonyl (C=O) groups excluding carboxylic acids is 4. The number of rotatable bonds is 0. The van der Waals surface area contributed by atoms with E-state index in [2.05, 4.69) is 9.47 Å². The van der Waals surface area contributed by atoms with Crippen molar-refractivity contribution in [3.8, 4) is 0 Å². The topological polar surface area (TPSA) is 86.7 Å². The van der Waals surface area contributed by atoms with Crippen LogP contribution in [0.1, 0.15) is 6.92 Å². The minimum atomic E-state index is -1.22. The van der Waals surface area contributed by atoms with E-state index in [1.54, 1.807) is 0 Å². The second-order valence-corrected chi connectivity index (χ2v) is 4.28. The fourth-order valence-electron chi connectivity index (χ4n) is 2.20. The summed E-state index contributed by atoms with van der Waals surface area (Å²) in [5.41, 5.74) is -1.16. The quantitative estimate of drug-likeness (QED) is 0.420. The van der Waals surface area contributed by atoms with Gasteiger partial charge in [-0.15, -0.1) is 0 Å². The molecule has 1 aliphatic carbocycles. The van der Waals surface area contributed by atoms with E-state index in [1.165, 1.54) is 19.1 Å². The van der Waals surface area contributed by atoms with Crippen LogP contribution in [-0.4, -0.2) is 23.9 Å². The van der Waals surface area contributed by atoms with E-state index in [4.69, 9.17) is 0 Å². The first kappa shape index (κ1) is 9.95. The minimum Gasteiger partial charge on any atom is -0.392 e. The molecule has 0 radical (unpaired) electrons. The summed E-state index contributed by atoms with van der Waals surface area (Å²) in [6, 6.07) is 0. The number of esters is 4. The summed E-state index contributed by atoms with van der Waals surface area (Å²) in [6.45, 7) is 1.49. The van der Waals surface area contributed by atoms with Gasteiger partial charge >= 0.3 is 23.9 Å². The van der Waals surface area contributed by atoms with Crippen molar-refractivity contribution < 1.29 is 28.7 Å². The Morgan fingerprint density at radius 3 is 2.41 bits per heavy atom. The van der Waals surface area contributed by atoms with Crippen LogP contribution in [0.15, 0.2) is 23.3 Å². The van der Waals surface area contributed by atoms with Gasteiger partial charge in [0.25, 0.3) is 0 Å². The molecule has 2 heterocycles. The van der Waals surface area contributed by atoms with Gasteiger partial charge in [0.2, 0.25) is 0 Å². The normalized spacial score (nSPS) is 34.8. The molecule has 2 atom stereocenters. The zero-order chi connectivity index (χ0) is 12.4. The average Bonchev–Trinajstić information content (AvgIpc) is 2.63. The fourth-order valence-corrected chi connectivity index (χ4v) is 2.20. The molecule has 3 rings (SSSR count). The molecule has 0 N–H and O–H groups in total. The van der Waals surface area contributed by atoms with E-state index in [0.717, 1.165) is 0 Å². The van der Waals surface area contributed by atoms with Crippen LogP contribution >= 0.6 is 0 Å². The van der Waals surface area contributed by atoms with Crippen LogP contribution in [-0.2, 0) is 28.7 Å². The van der Waals surface area contributed by atoms with Crippen LogP contribution in [0.25, 0.3) is 0 Å². The van der Waals surface area contributed by atoms with Crippen molar-refractivity contribution in [1.82, 2.24) is 0 Å². The highest BCUT2D eigenvalue weighted by molar-refractivity contribution is 6.20. The Balaban J connectivity index is 2.21. The van der Waals surface area contributed by atoms with Crippen LogP contribution in [0.3, 0.4) is 0 Å². The third-order valence-electron chi connectivity index (χ3n) is 3.23. The van der Waals surface area contributed by atoms with Gasteiger partial charge in [0.1, 0.15) is 5.41 Å². The number of hydrogen-bond donors (Lipinski definition) is 0. The van der Waals surface area contributed by atoms with Gasteiger partial charge in [-0.05, 0) is 6.92 Å². The lowest BCUT2D eigenvalue weighted by molar-refractivity contribution is -0.154. The molecule has 86 valence electrons. The molecule has 0 saturated carbocycles. The molecule has 0 spiro atoms.